The minimum Gasteiger partial charge on any atom is -0.507 e. The van der Waals surface area contributed by atoms with Crippen molar-refractivity contribution in [3.05, 3.63) is 43.0 Å². The maximum absolute atomic E-state index is 11.4. The fourth-order valence-corrected chi connectivity index (χ4v) is 2.27. The van der Waals surface area contributed by atoms with Gasteiger partial charge in [-0.15, -0.1) is 11.8 Å². The monoisotopic (exact) mass is 260 g/mol. The van der Waals surface area contributed by atoms with Crippen molar-refractivity contribution >= 4 is 28.5 Å². The smallest absolute Gasteiger partial charge is 0.335 e. The molecule has 4 heteroatoms. The molecule has 2 rings (SSSR count). The third-order valence-corrected chi connectivity index (χ3v) is 3.27. The number of carbonyl (C=O) groups excluding carboxylic acids is 1. The summed E-state index contributed by atoms with van der Waals surface area (Å²) in [5.74, 6) is 0.121. The highest BCUT2D eigenvalue weighted by atomic mass is 32.2. The van der Waals surface area contributed by atoms with Crippen molar-refractivity contribution in [3.8, 4) is 11.5 Å². The summed E-state index contributed by atoms with van der Waals surface area (Å²) in [6.07, 6.45) is 2.97. The summed E-state index contributed by atoms with van der Waals surface area (Å²) >= 11 is 1.41. The first kappa shape index (κ1) is 12.5. The quantitative estimate of drug-likeness (QED) is 0.398. The van der Waals surface area contributed by atoms with Gasteiger partial charge in [0.15, 0.2) is 5.75 Å². The van der Waals surface area contributed by atoms with Crippen molar-refractivity contribution in [2.45, 2.75) is 4.90 Å². The van der Waals surface area contributed by atoms with E-state index >= 15 is 0 Å². The first-order valence-electron chi connectivity index (χ1n) is 5.30. The van der Waals surface area contributed by atoms with Gasteiger partial charge in [-0.3, -0.25) is 0 Å². The Hall–Kier alpha value is -1.94. The number of hydrogen-bond acceptors (Lipinski definition) is 4. The molecule has 0 heterocycles. The van der Waals surface area contributed by atoms with Crippen LogP contribution in [0.25, 0.3) is 10.8 Å². The molecule has 0 fully saturated rings. The maximum Gasteiger partial charge on any atom is 0.335 e. The summed E-state index contributed by atoms with van der Waals surface area (Å²) in [5, 5.41) is 11.3. The second-order valence-electron chi connectivity index (χ2n) is 3.60. The summed E-state index contributed by atoms with van der Waals surface area (Å²) < 4.78 is 5.26. The Morgan fingerprint density at radius 3 is 2.67 bits per heavy atom. The van der Waals surface area contributed by atoms with Crippen molar-refractivity contribution in [3.63, 3.8) is 0 Å². The third kappa shape index (κ3) is 2.19. The lowest BCUT2D eigenvalue weighted by molar-refractivity contribution is -0.129. The molecule has 2 aromatic carbocycles. The van der Waals surface area contributed by atoms with Crippen LogP contribution in [0.5, 0.6) is 11.5 Å². The molecular formula is C14H12O3S. The van der Waals surface area contributed by atoms with Crippen molar-refractivity contribution in [2.75, 3.05) is 6.26 Å². The Kier molecular flexibility index (Phi) is 3.58. The van der Waals surface area contributed by atoms with Gasteiger partial charge in [0.05, 0.1) is 4.90 Å². The van der Waals surface area contributed by atoms with Gasteiger partial charge >= 0.3 is 5.97 Å². The molecule has 0 radical (unpaired) electrons. The number of rotatable bonds is 3. The van der Waals surface area contributed by atoms with Crippen LogP contribution in [0.2, 0.25) is 0 Å². The Morgan fingerprint density at radius 2 is 2.06 bits per heavy atom. The van der Waals surface area contributed by atoms with Gasteiger partial charge in [0, 0.05) is 16.8 Å². The fourth-order valence-electron chi connectivity index (χ4n) is 1.70. The number of thioether (sulfide) groups is 1. The number of benzene rings is 2. The highest BCUT2D eigenvalue weighted by Crippen LogP contribution is 2.40. The van der Waals surface area contributed by atoms with Crippen molar-refractivity contribution in [2.24, 2.45) is 0 Å². The van der Waals surface area contributed by atoms with E-state index in [0.717, 1.165) is 6.08 Å². The van der Waals surface area contributed by atoms with Gasteiger partial charge in [-0.25, -0.2) is 4.79 Å². The normalized spacial score (nSPS) is 10.3. The topological polar surface area (TPSA) is 46.5 Å². The van der Waals surface area contributed by atoms with Crippen LogP contribution in [0, 0.1) is 0 Å². The summed E-state index contributed by atoms with van der Waals surface area (Å²) in [7, 11) is 0. The van der Waals surface area contributed by atoms with Crippen LogP contribution in [0.15, 0.2) is 47.9 Å². The van der Waals surface area contributed by atoms with E-state index in [1.54, 1.807) is 18.2 Å². The number of phenolic OH excluding ortho intramolecular Hbond substituents is 1. The zero-order valence-corrected chi connectivity index (χ0v) is 10.7. The molecule has 0 bridgehead atoms. The van der Waals surface area contributed by atoms with E-state index in [1.807, 2.05) is 18.4 Å². The highest BCUT2D eigenvalue weighted by Gasteiger charge is 2.14. The number of fused-ring (bicyclic) bond motifs is 1. The zero-order valence-electron chi connectivity index (χ0n) is 9.84. The van der Waals surface area contributed by atoms with E-state index in [-0.39, 0.29) is 5.75 Å². The molecule has 2 aromatic rings. The molecule has 92 valence electrons. The van der Waals surface area contributed by atoms with Crippen LogP contribution in [-0.2, 0) is 4.79 Å². The molecule has 0 aliphatic heterocycles. The number of ether oxygens (including phenoxy) is 1. The second kappa shape index (κ2) is 5.14. The van der Waals surface area contributed by atoms with Gasteiger partial charge in [-0.05, 0) is 12.3 Å². The molecular weight excluding hydrogens is 248 g/mol. The number of aromatic hydroxyl groups is 1. The standard InChI is InChI=1S/C14H12O3S/c1-3-13(16)17-14-10-7-5-4-6-9(10)11(15)8-12(14)18-2/h3-8,15H,1H2,2H3. The number of phenols is 1. The van der Waals surface area contributed by atoms with E-state index in [4.69, 9.17) is 4.74 Å². The van der Waals surface area contributed by atoms with Gasteiger partial charge in [0.1, 0.15) is 5.75 Å². The lowest BCUT2D eigenvalue weighted by Gasteiger charge is -2.12. The third-order valence-electron chi connectivity index (χ3n) is 2.53. The Morgan fingerprint density at radius 1 is 1.39 bits per heavy atom. The predicted molar refractivity (Wildman–Crippen MR) is 73.2 cm³/mol. The molecule has 0 spiro atoms. The molecule has 0 aromatic heterocycles. The minimum absolute atomic E-state index is 0.174. The van der Waals surface area contributed by atoms with Crippen LogP contribution >= 0.6 is 11.8 Å². The van der Waals surface area contributed by atoms with Gasteiger partial charge in [0.2, 0.25) is 0 Å². The van der Waals surface area contributed by atoms with Gasteiger partial charge < -0.3 is 9.84 Å². The highest BCUT2D eigenvalue weighted by molar-refractivity contribution is 7.98. The summed E-state index contributed by atoms with van der Waals surface area (Å²) in [6.45, 7) is 3.38. The van der Waals surface area contributed by atoms with Gasteiger partial charge in [-0.1, -0.05) is 30.8 Å². The predicted octanol–water partition coefficient (Wildman–Crippen LogP) is 3.36. The number of carbonyl (C=O) groups is 1. The largest absolute Gasteiger partial charge is 0.507 e. The average Bonchev–Trinajstić information content (AvgIpc) is 2.41. The van der Waals surface area contributed by atoms with Gasteiger partial charge in [-0.2, -0.15) is 0 Å². The van der Waals surface area contributed by atoms with Crippen LogP contribution in [0.3, 0.4) is 0 Å². The molecule has 0 aliphatic carbocycles. The Bertz CT molecular complexity index is 620. The Labute approximate surface area is 109 Å². The van der Waals surface area contributed by atoms with E-state index < -0.39 is 5.97 Å². The molecule has 0 unspecified atom stereocenters. The van der Waals surface area contributed by atoms with Crippen LogP contribution in [0.1, 0.15) is 0 Å². The van der Waals surface area contributed by atoms with Crippen molar-refractivity contribution in [1.82, 2.24) is 0 Å². The maximum atomic E-state index is 11.4. The summed E-state index contributed by atoms with van der Waals surface area (Å²) in [4.78, 5) is 12.1. The number of esters is 1. The van der Waals surface area contributed by atoms with Gasteiger partial charge in [0.25, 0.3) is 0 Å². The first-order valence-corrected chi connectivity index (χ1v) is 6.52. The van der Waals surface area contributed by atoms with Crippen molar-refractivity contribution in [1.29, 1.82) is 0 Å². The number of hydrogen-bond donors (Lipinski definition) is 1. The van der Waals surface area contributed by atoms with Crippen LogP contribution in [0.4, 0.5) is 0 Å². The minimum atomic E-state index is -0.513. The Balaban J connectivity index is 2.71. The summed E-state index contributed by atoms with van der Waals surface area (Å²) in [6, 6.07) is 8.83. The molecule has 0 aliphatic rings. The summed E-state index contributed by atoms with van der Waals surface area (Å²) in [5.41, 5.74) is 0. The second-order valence-corrected chi connectivity index (χ2v) is 4.45. The van der Waals surface area contributed by atoms with E-state index in [1.165, 1.54) is 11.8 Å². The van der Waals surface area contributed by atoms with Crippen LogP contribution < -0.4 is 4.74 Å². The van der Waals surface area contributed by atoms with Crippen molar-refractivity contribution < 1.29 is 14.6 Å². The molecule has 1 N–H and O–H groups in total. The molecule has 0 saturated carbocycles. The lowest BCUT2D eigenvalue weighted by Crippen LogP contribution is -2.04. The first-order chi connectivity index (χ1) is 8.67. The van der Waals surface area contributed by atoms with E-state index in [0.29, 0.717) is 21.4 Å². The van der Waals surface area contributed by atoms with E-state index in [2.05, 4.69) is 6.58 Å². The average molecular weight is 260 g/mol. The fraction of sp³-hybridized carbons (Fsp3) is 0.0714. The van der Waals surface area contributed by atoms with E-state index in [9.17, 15) is 9.90 Å². The van der Waals surface area contributed by atoms with Crippen LogP contribution in [-0.4, -0.2) is 17.3 Å². The lowest BCUT2D eigenvalue weighted by atomic mass is 10.1. The molecule has 0 saturated heterocycles. The molecule has 0 amide bonds. The molecule has 18 heavy (non-hydrogen) atoms. The molecule has 0 atom stereocenters. The molecule has 3 nitrogen and oxygen atoms in total. The SMILES string of the molecule is C=CC(=O)Oc1c(SC)cc(O)c2ccccc12. The zero-order chi connectivity index (χ0) is 13.1.